The number of fused-ring (bicyclic) bond motifs is 1. The summed E-state index contributed by atoms with van der Waals surface area (Å²) in [5, 5.41) is 16.6. The first kappa shape index (κ1) is 37.9. The van der Waals surface area contributed by atoms with Crippen molar-refractivity contribution in [3.05, 3.63) is 53.1 Å². The summed E-state index contributed by atoms with van der Waals surface area (Å²) in [6, 6.07) is 10.3. The number of ether oxygens (including phenoxy) is 2. The zero-order valence-corrected chi connectivity index (χ0v) is 30.1. The number of aliphatic hydroxyl groups excluding tert-OH is 1. The largest absolute Gasteiger partial charge is 0.490 e. The molecule has 11 nitrogen and oxygen atoms in total. The molecule has 0 spiro atoms. The molecule has 2 aromatic carbocycles. The first-order chi connectivity index (χ1) is 22.9. The molecule has 1 aliphatic carbocycles. The van der Waals surface area contributed by atoms with Crippen LogP contribution in [0.1, 0.15) is 82.5 Å². The van der Waals surface area contributed by atoms with E-state index < -0.39 is 22.2 Å². The zero-order chi connectivity index (χ0) is 34.8. The van der Waals surface area contributed by atoms with Crippen LogP contribution in [0.3, 0.4) is 0 Å². The van der Waals surface area contributed by atoms with Gasteiger partial charge in [-0.25, -0.2) is 13.2 Å². The third-order valence-corrected chi connectivity index (χ3v) is 11.3. The summed E-state index contributed by atoms with van der Waals surface area (Å²) in [5.41, 5.74) is 0.717. The van der Waals surface area contributed by atoms with Crippen molar-refractivity contribution in [2.24, 2.45) is 5.92 Å². The van der Waals surface area contributed by atoms with Gasteiger partial charge in [-0.3, -0.25) is 4.79 Å². The van der Waals surface area contributed by atoms with E-state index >= 15 is 0 Å². The Kier molecular flexibility index (Phi) is 14.0. The second-order valence-electron chi connectivity index (χ2n) is 13.2. The predicted molar refractivity (Wildman–Crippen MR) is 187 cm³/mol. The van der Waals surface area contributed by atoms with Gasteiger partial charge < -0.3 is 30.1 Å². The molecule has 3 amide bonds. The molecule has 1 saturated carbocycles. The average Bonchev–Trinajstić information content (AvgIpc) is 3.06. The van der Waals surface area contributed by atoms with Gasteiger partial charge in [-0.2, -0.15) is 4.31 Å². The maximum atomic E-state index is 14.4. The molecule has 0 aromatic heterocycles. The van der Waals surface area contributed by atoms with E-state index in [9.17, 15) is 23.1 Å². The van der Waals surface area contributed by atoms with Crippen LogP contribution in [0.5, 0.6) is 5.75 Å². The second-order valence-corrected chi connectivity index (χ2v) is 15.7. The number of anilines is 1. The monoisotopic (exact) mass is 706 g/mol. The third kappa shape index (κ3) is 10.3. The van der Waals surface area contributed by atoms with E-state index in [-0.39, 0.29) is 60.2 Å². The van der Waals surface area contributed by atoms with E-state index in [0.717, 1.165) is 38.5 Å². The minimum atomic E-state index is -3.84. The van der Waals surface area contributed by atoms with Crippen molar-refractivity contribution in [1.29, 1.82) is 0 Å². The Balaban J connectivity index is 1.60. The smallest absolute Gasteiger partial charge is 0.319 e. The number of likely N-dealkylation sites (N-methyl/N-ethyl adjacent to an activating group) is 1. The van der Waals surface area contributed by atoms with Gasteiger partial charge in [-0.1, -0.05) is 37.8 Å². The highest BCUT2D eigenvalue weighted by Crippen LogP contribution is 2.29. The molecule has 4 atom stereocenters. The maximum absolute atomic E-state index is 14.4. The van der Waals surface area contributed by atoms with E-state index in [4.69, 9.17) is 21.1 Å². The van der Waals surface area contributed by atoms with Crippen LogP contribution >= 0.6 is 11.6 Å². The Morgan fingerprint density at radius 2 is 1.75 bits per heavy atom. The highest BCUT2D eigenvalue weighted by Gasteiger charge is 2.32. The summed E-state index contributed by atoms with van der Waals surface area (Å²) < 4.78 is 40.7. The van der Waals surface area contributed by atoms with Gasteiger partial charge in [0.1, 0.15) is 5.75 Å². The van der Waals surface area contributed by atoms with Crippen LogP contribution in [0.2, 0.25) is 5.02 Å². The van der Waals surface area contributed by atoms with Gasteiger partial charge in [0.15, 0.2) is 0 Å². The summed E-state index contributed by atoms with van der Waals surface area (Å²) in [5.74, 6) is -0.299. The van der Waals surface area contributed by atoms with Crippen LogP contribution in [0, 0.1) is 5.92 Å². The van der Waals surface area contributed by atoms with Crippen LogP contribution in [-0.2, 0) is 14.8 Å². The molecule has 4 rings (SSSR count). The molecule has 1 aliphatic heterocycles. The van der Waals surface area contributed by atoms with E-state index in [1.165, 1.54) is 42.0 Å². The number of halogens is 1. The molecule has 3 N–H and O–H groups in total. The summed E-state index contributed by atoms with van der Waals surface area (Å²) >= 11 is 5.99. The Labute approximate surface area is 290 Å². The molecule has 1 fully saturated rings. The molecular formula is C35H51ClN4O7S. The second kappa shape index (κ2) is 17.7. The average molecular weight is 707 g/mol. The van der Waals surface area contributed by atoms with Crippen molar-refractivity contribution in [3.63, 3.8) is 0 Å². The third-order valence-electron chi connectivity index (χ3n) is 9.21. The molecule has 0 bridgehead atoms. The van der Waals surface area contributed by atoms with Gasteiger partial charge in [0.05, 0.1) is 35.3 Å². The number of amides is 3. The minimum absolute atomic E-state index is 0.0575. The Morgan fingerprint density at radius 1 is 1.06 bits per heavy atom. The van der Waals surface area contributed by atoms with Crippen LogP contribution in [0.4, 0.5) is 10.5 Å². The van der Waals surface area contributed by atoms with E-state index in [2.05, 4.69) is 10.6 Å². The van der Waals surface area contributed by atoms with Crippen LogP contribution in [0.25, 0.3) is 0 Å². The fourth-order valence-corrected chi connectivity index (χ4v) is 7.51. The number of benzene rings is 2. The Morgan fingerprint density at radius 3 is 2.44 bits per heavy atom. The van der Waals surface area contributed by atoms with Gasteiger partial charge in [-0.05, 0) is 88.4 Å². The summed E-state index contributed by atoms with van der Waals surface area (Å²) in [6.45, 7) is 5.97. The molecule has 266 valence electrons. The lowest BCUT2D eigenvalue weighted by molar-refractivity contribution is -0.00833. The summed E-state index contributed by atoms with van der Waals surface area (Å²) in [4.78, 5) is 28.9. The number of urea groups is 1. The number of hydrogen-bond acceptors (Lipinski definition) is 7. The standard InChI is InChI=1S/C35H51ClN4O7S/c1-24-21-40(25(2)23-41)34(42)31-20-29(38-35(43)37-28-11-6-5-7-12-28)15-18-32(31)47-26(3)10-8-9-19-46-33(24)22-39(4)48(44,45)30-16-13-27(36)14-17-30/h13-18,20,24-26,28,33,41H,5-12,19,21-23H2,1-4H3,(H2,37,38,43)/t24-,25-,26+,33-/m0/s1. The number of aliphatic hydroxyl groups is 1. The Bertz CT molecular complexity index is 1470. The fraction of sp³-hybridized carbons (Fsp3) is 0.600. The number of hydrogen-bond donors (Lipinski definition) is 3. The molecule has 0 unspecified atom stereocenters. The van der Waals surface area contributed by atoms with Crippen molar-refractivity contribution in [3.8, 4) is 5.75 Å². The Hall–Kier alpha value is -2.90. The summed E-state index contributed by atoms with van der Waals surface area (Å²) in [7, 11) is -2.33. The molecule has 1 heterocycles. The summed E-state index contributed by atoms with van der Waals surface area (Å²) in [6.07, 6.45) is 6.75. The number of carbonyl (C=O) groups excluding carboxylic acids is 2. The van der Waals surface area contributed by atoms with Crippen molar-refractivity contribution in [2.75, 3.05) is 38.7 Å². The van der Waals surface area contributed by atoms with Crippen LogP contribution < -0.4 is 15.4 Å². The SMILES string of the molecule is C[C@@H]1CCCCO[C@@H](CN(C)S(=O)(=O)c2ccc(Cl)cc2)[C@@H](C)CN([C@@H](C)CO)C(=O)c2cc(NC(=O)NC3CCCCC3)ccc2O1. The topological polar surface area (TPSA) is 138 Å². The predicted octanol–water partition coefficient (Wildman–Crippen LogP) is 5.91. The lowest BCUT2D eigenvalue weighted by atomic mass is 9.96. The highest BCUT2D eigenvalue weighted by molar-refractivity contribution is 7.89. The van der Waals surface area contributed by atoms with E-state index in [1.54, 1.807) is 30.0 Å². The number of nitrogens with zero attached hydrogens (tertiary/aromatic N) is 2. The van der Waals surface area contributed by atoms with Gasteiger partial charge >= 0.3 is 6.03 Å². The highest BCUT2D eigenvalue weighted by atomic mass is 35.5. The normalized spacial score (nSPS) is 22.7. The molecule has 48 heavy (non-hydrogen) atoms. The molecular weight excluding hydrogens is 656 g/mol. The molecule has 2 aromatic rings. The van der Waals surface area contributed by atoms with Crippen molar-refractivity contribution < 1.29 is 32.6 Å². The number of sulfonamides is 1. The van der Waals surface area contributed by atoms with Crippen molar-refractivity contribution in [2.45, 2.75) is 101 Å². The van der Waals surface area contributed by atoms with Gasteiger partial charge in [0.25, 0.3) is 5.91 Å². The lowest BCUT2D eigenvalue weighted by Crippen LogP contribution is -2.48. The minimum Gasteiger partial charge on any atom is -0.490 e. The number of nitrogens with one attached hydrogen (secondary N) is 2. The first-order valence-electron chi connectivity index (χ1n) is 17.0. The first-order valence-corrected chi connectivity index (χ1v) is 18.8. The van der Waals surface area contributed by atoms with E-state index in [1.807, 2.05) is 13.8 Å². The molecule has 0 saturated heterocycles. The van der Waals surface area contributed by atoms with Gasteiger partial charge in [0, 0.05) is 49.4 Å². The van der Waals surface area contributed by atoms with Gasteiger partial charge in [0.2, 0.25) is 10.0 Å². The zero-order valence-electron chi connectivity index (χ0n) is 28.5. The number of rotatable bonds is 8. The van der Waals surface area contributed by atoms with Crippen LogP contribution in [0.15, 0.2) is 47.4 Å². The molecule has 0 radical (unpaired) electrons. The fourth-order valence-electron chi connectivity index (χ4n) is 6.20. The lowest BCUT2D eigenvalue weighted by Gasteiger charge is -2.35. The van der Waals surface area contributed by atoms with Crippen LogP contribution in [-0.4, -0.2) is 92.3 Å². The molecule has 2 aliphatic rings. The van der Waals surface area contributed by atoms with Gasteiger partial charge in [-0.15, -0.1) is 0 Å². The van der Waals surface area contributed by atoms with Crippen molar-refractivity contribution >= 4 is 39.2 Å². The maximum Gasteiger partial charge on any atom is 0.319 e. The van der Waals surface area contributed by atoms with Crippen molar-refractivity contribution in [1.82, 2.24) is 14.5 Å². The van der Waals surface area contributed by atoms with E-state index in [0.29, 0.717) is 29.5 Å². The molecule has 13 heteroatoms. The quantitative estimate of drug-likeness (QED) is 0.310. The number of carbonyl (C=O) groups is 2.